The Morgan fingerprint density at radius 1 is 0.762 bits per heavy atom. The number of β-lactam (4-membered cyclic amide) rings is 1. The first-order valence-electron chi connectivity index (χ1n) is 13.5. The van der Waals surface area contributed by atoms with Crippen molar-refractivity contribution < 1.29 is 38.1 Å². The van der Waals surface area contributed by atoms with E-state index < -0.39 is 36.3 Å². The summed E-state index contributed by atoms with van der Waals surface area (Å²) in [5.41, 5.74) is 0.626. The minimum atomic E-state index is -4.40. The Kier molecular flexibility index (Phi) is 6.82. The Balaban J connectivity index is 1.35. The van der Waals surface area contributed by atoms with E-state index in [1.165, 1.54) is 48.5 Å². The van der Waals surface area contributed by atoms with Gasteiger partial charge < -0.3 is 24.9 Å². The van der Waals surface area contributed by atoms with Crippen LogP contribution in [-0.2, 0) is 15.0 Å². The van der Waals surface area contributed by atoms with Crippen LogP contribution >= 0.6 is 7.60 Å². The zero-order valence-electron chi connectivity index (χ0n) is 22.3. The van der Waals surface area contributed by atoms with Gasteiger partial charge in [-0.15, -0.1) is 0 Å². The highest BCUT2D eigenvalue weighted by molar-refractivity contribution is 7.60. The maximum Gasteiger partial charge on any atom is 0.356 e. The molecule has 0 aromatic heterocycles. The molecule has 1 atom stereocenters. The molecule has 1 aliphatic heterocycles. The van der Waals surface area contributed by atoms with Crippen molar-refractivity contribution in [3.05, 3.63) is 114 Å². The van der Waals surface area contributed by atoms with E-state index >= 15 is 0 Å². The third kappa shape index (κ3) is 4.72. The molecule has 0 bridgehead atoms. The lowest BCUT2D eigenvalue weighted by molar-refractivity contribution is -0.149. The van der Waals surface area contributed by atoms with Crippen molar-refractivity contribution in [1.82, 2.24) is 0 Å². The number of aliphatic hydroxyl groups is 1. The third-order valence-corrected chi connectivity index (χ3v) is 9.71. The summed E-state index contributed by atoms with van der Waals surface area (Å²) in [5.74, 6) is -1.11. The predicted molar refractivity (Wildman–Crippen MR) is 153 cm³/mol. The Labute approximate surface area is 240 Å². The molecule has 10 heteroatoms. The molecule has 4 aromatic carbocycles. The fourth-order valence-electron chi connectivity index (χ4n) is 6.41. The molecule has 2 aliphatic rings. The first-order chi connectivity index (χ1) is 19.9. The third-order valence-electron chi connectivity index (χ3n) is 8.74. The van der Waals surface area contributed by atoms with Crippen LogP contribution in [-0.4, -0.2) is 25.9 Å². The van der Waals surface area contributed by atoms with E-state index in [4.69, 9.17) is 0 Å². The summed E-state index contributed by atoms with van der Waals surface area (Å²) in [6.07, 6.45) is 1.13. The number of anilines is 1. The summed E-state index contributed by atoms with van der Waals surface area (Å²) in [4.78, 5) is 34.2. The van der Waals surface area contributed by atoms with Crippen LogP contribution in [0.1, 0.15) is 42.9 Å². The predicted octanol–water partition coefficient (Wildman–Crippen LogP) is 5.68. The molecule has 0 radical (unpaired) electrons. The fraction of sp³-hybridized carbons (Fsp3) is 0.219. The zero-order chi connectivity index (χ0) is 29.9. The van der Waals surface area contributed by atoms with Crippen molar-refractivity contribution in [2.24, 2.45) is 5.41 Å². The number of phenolic OH excluding ortho intramolecular Hbond substituents is 1. The van der Waals surface area contributed by atoms with Crippen LogP contribution in [0.4, 0.5) is 14.5 Å². The van der Waals surface area contributed by atoms with Gasteiger partial charge in [0.25, 0.3) is 0 Å². The van der Waals surface area contributed by atoms with Gasteiger partial charge >= 0.3 is 7.60 Å². The number of nitrogens with zero attached hydrogens (tertiary/aromatic N) is 1. The Morgan fingerprint density at radius 3 is 1.86 bits per heavy atom. The highest BCUT2D eigenvalue weighted by Crippen LogP contribution is 2.62. The smallest absolute Gasteiger partial charge is 0.356 e. The van der Waals surface area contributed by atoms with Crippen LogP contribution in [0.25, 0.3) is 11.1 Å². The molecule has 2 fully saturated rings. The molecule has 1 aliphatic carbocycles. The highest BCUT2D eigenvalue weighted by atomic mass is 31.2. The number of carbonyl (C=O) groups is 1. The van der Waals surface area contributed by atoms with E-state index in [1.807, 2.05) is 0 Å². The lowest BCUT2D eigenvalue weighted by Gasteiger charge is -2.59. The van der Waals surface area contributed by atoms with Crippen LogP contribution in [0.15, 0.2) is 91.0 Å². The molecular formula is C32H28F2NO6P. The number of hydrogen-bond acceptors (Lipinski definition) is 4. The molecular weight excluding hydrogens is 563 g/mol. The van der Waals surface area contributed by atoms with Gasteiger partial charge in [0.1, 0.15) is 17.4 Å². The zero-order valence-corrected chi connectivity index (χ0v) is 23.2. The first-order valence-corrected chi connectivity index (χ1v) is 15.1. The molecule has 4 aromatic rings. The van der Waals surface area contributed by atoms with E-state index in [0.717, 1.165) is 0 Å². The van der Waals surface area contributed by atoms with E-state index in [9.17, 15) is 38.1 Å². The number of benzene rings is 4. The largest absolute Gasteiger partial charge is 0.508 e. The minimum absolute atomic E-state index is 0.0741. The molecule has 0 unspecified atom stereocenters. The molecule has 42 heavy (non-hydrogen) atoms. The van der Waals surface area contributed by atoms with Gasteiger partial charge in [0.2, 0.25) is 5.91 Å². The molecule has 4 N–H and O–H groups in total. The molecule has 1 saturated carbocycles. The number of phenols is 1. The second-order valence-electron chi connectivity index (χ2n) is 11.1. The monoisotopic (exact) mass is 591 g/mol. The van der Waals surface area contributed by atoms with Crippen LogP contribution < -0.4 is 10.2 Å². The number of amides is 1. The van der Waals surface area contributed by atoms with Crippen LogP contribution in [0.3, 0.4) is 0 Å². The molecule has 7 nitrogen and oxygen atoms in total. The fourth-order valence-corrected chi connectivity index (χ4v) is 6.95. The van der Waals surface area contributed by atoms with Crippen molar-refractivity contribution in [2.75, 3.05) is 4.90 Å². The summed E-state index contributed by atoms with van der Waals surface area (Å²) >= 11 is 0. The topological polar surface area (TPSA) is 118 Å². The summed E-state index contributed by atoms with van der Waals surface area (Å²) in [6, 6.07) is 21.5. The molecule has 1 amide bonds. The van der Waals surface area contributed by atoms with Crippen molar-refractivity contribution in [3.8, 4) is 16.9 Å². The molecule has 216 valence electrons. The average molecular weight is 592 g/mol. The lowest BCUT2D eigenvalue weighted by Crippen LogP contribution is -2.65. The van der Waals surface area contributed by atoms with E-state index in [0.29, 0.717) is 40.8 Å². The van der Waals surface area contributed by atoms with E-state index in [-0.39, 0.29) is 29.8 Å². The Morgan fingerprint density at radius 2 is 1.31 bits per heavy atom. The van der Waals surface area contributed by atoms with Gasteiger partial charge in [-0.1, -0.05) is 36.4 Å². The Bertz CT molecular complexity index is 1690. The first kappa shape index (κ1) is 28.2. The molecule has 1 spiro atoms. The normalized spacial score (nSPS) is 24.1. The maximum atomic E-state index is 13.9. The molecule has 6 rings (SSSR count). The van der Waals surface area contributed by atoms with Crippen LogP contribution in [0.5, 0.6) is 5.75 Å². The van der Waals surface area contributed by atoms with Gasteiger partial charge in [-0.3, -0.25) is 9.36 Å². The van der Waals surface area contributed by atoms with Crippen LogP contribution in [0.2, 0.25) is 0 Å². The standard InChI is InChI=1S/C32H28F2NO6P/c33-23-6-4-22(5-7-23)32(38)17-15-31(16-18-32)29(35(30(31)37)25-10-8-24(34)9-11-25)27-14-3-21(19-28(27)36)20-1-12-26(13-2-20)42(39,40)41/h1-14,19,29,36,38H,15-18H2,(H2,39,40,41)/t29-,31?,32?/m1/s1. The SMILES string of the molecule is O=C1N(c2ccc(F)cc2)[C@H](c2ccc(-c3ccc(P(=O)(O)O)cc3)cc2O)C12CCC(O)(c1ccc(F)cc1)CC2. The second-order valence-corrected chi connectivity index (χ2v) is 12.7. The molecule has 1 saturated heterocycles. The van der Waals surface area contributed by atoms with E-state index in [2.05, 4.69) is 0 Å². The molecule has 1 heterocycles. The number of halogens is 2. The number of rotatable bonds is 5. The number of aromatic hydroxyl groups is 1. The van der Waals surface area contributed by atoms with Gasteiger partial charge in [0.15, 0.2) is 0 Å². The van der Waals surface area contributed by atoms with Gasteiger partial charge in [-0.05, 0) is 97.0 Å². The van der Waals surface area contributed by atoms with Gasteiger partial charge in [-0.25, -0.2) is 8.78 Å². The summed E-state index contributed by atoms with van der Waals surface area (Å²) < 4.78 is 38.8. The second kappa shape index (κ2) is 10.1. The highest BCUT2D eigenvalue weighted by Gasteiger charge is 2.64. The lowest BCUT2D eigenvalue weighted by atomic mass is 9.56. The van der Waals surface area contributed by atoms with Crippen molar-refractivity contribution in [2.45, 2.75) is 37.3 Å². The summed E-state index contributed by atoms with van der Waals surface area (Å²) in [5, 5.41) is 22.6. The number of hydrogen-bond donors (Lipinski definition) is 4. The Hall–Kier alpha value is -3.88. The van der Waals surface area contributed by atoms with E-state index in [1.54, 1.807) is 47.4 Å². The minimum Gasteiger partial charge on any atom is -0.508 e. The van der Waals surface area contributed by atoms with Gasteiger partial charge in [0, 0.05) is 11.3 Å². The maximum absolute atomic E-state index is 13.9. The van der Waals surface area contributed by atoms with Gasteiger partial charge in [0.05, 0.1) is 22.4 Å². The number of carbonyl (C=O) groups excluding carboxylic acids is 1. The van der Waals surface area contributed by atoms with Crippen molar-refractivity contribution in [1.29, 1.82) is 0 Å². The average Bonchev–Trinajstić information content (AvgIpc) is 2.97. The summed E-state index contributed by atoms with van der Waals surface area (Å²) in [7, 11) is -4.40. The van der Waals surface area contributed by atoms with Crippen molar-refractivity contribution >= 4 is 24.5 Å². The van der Waals surface area contributed by atoms with Gasteiger partial charge in [-0.2, -0.15) is 0 Å². The van der Waals surface area contributed by atoms with Crippen molar-refractivity contribution in [3.63, 3.8) is 0 Å². The summed E-state index contributed by atoms with van der Waals surface area (Å²) in [6.45, 7) is 0. The van der Waals surface area contributed by atoms with Crippen LogP contribution in [0, 0.1) is 17.0 Å². The quantitative estimate of drug-likeness (QED) is 0.175.